The van der Waals surface area contributed by atoms with Crippen LogP contribution < -0.4 is 19.5 Å². The topological polar surface area (TPSA) is 97.7 Å². The molecule has 0 bridgehead atoms. The highest BCUT2D eigenvalue weighted by Crippen LogP contribution is 2.49. The van der Waals surface area contributed by atoms with E-state index in [1.54, 1.807) is 33.5 Å². The number of methoxy groups -OCH3 is 3. The molecule has 0 fully saturated rings. The minimum Gasteiger partial charge on any atom is -0.493 e. The maximum Gasteiger partial charge on any atom is 0.253 e. The lowest BCUT2D eigenvalue weighted by Crippen LogP contribution is -2.39. The molecule has 1 amide bonds. The number of para-hydroxylation sites is 1. The van der Waals surface area contributed by atoms with Gasteiger partial charge in [0.05, 0.1) is 45.2 Å². The fraction of sp³-hybridized carbons (Fsp3) is 0.242. The van der Waals surface area contributed by atoms with Crippen LogP contribution in [0.25, 0.3) is 33.4 Å². The van der Waals surface area contributed by atoms with Gasteiger partial charge in [0.2, 0.25) is 5.75 Å². The number of aromatic nitrogens is 2. The predicted molar refractivity (Wildman–Crippen MR) is 159 cm³/mol. The van der Waals surface area contributed by atoms with Crippen molar-refractivity contribution in [3.63, 3.8) is 0 Å². The number of benzene rings is 3. The molecule has 0 aliphatic carbocycles. The van der Waals surface area contributed by atoms with Gasteiger partial charge in [-0.1, -0.05) is 30.3 Å². The van der Waals surface area contributed by atoms with E-state index in [1.807, 2.05) is 47.2 Å². The van der Waals surface area contributed by atoms with E-state index in [-0.39, 0.29) is 12.5 Å². The largest absolute Gasteiger partial charge is 0.493 e. The highest BCUT2D eigenvalue weighted by atomic mass is 19.1. The Bertz CT molecular complexity index is 1790. The number of H-pyrrole nitrogens is 1. The van der Waals surface area contributed by atoms with Gasteiger partial charge < -0.3 is 34.2 Å². The molecule has 3 aromatic carbocycles. The summed E-state index contributed by atoms with van der Waals surface area (Å²) >= 11 is 0. The SMILES string of the molecule is COc1cc2c(c(OC)c1OC)CCn1c-2cc(C(=O)NC(CO)Cc2c[nH]c3ccccc23)c1-c1cccc(F)c1. The fourth-order valence-electron chi connectivity index (χ4n) is 6.03. The zero-order valence-corrected chi connectivity index (χ0v) is 23.7. The Morgan fingerprint density at radius 1 is 1.05 bits per heavy atom. The normalized spacial score (nSPS) is 12.9. The van der Waals surface area contributed by atoms with Crippen molar-refractivity contribution >= 4 is 16.8 Å². The van der Waals surface area contributed by atoms with Crippen LogP contribution in [0.4, 0.5) is 4.39 Å². The van der Waals surface area contributed by atoms with Crippen molar-refractivity contribution in [3.8, 4) is 39.8 Å². The van der Waals surface area contributed by atoms with E-state index < -0.39 is 11.9 Å². The lowest BCUT2D eigenvalue weighted by molar-refractivity contribution is 0.0917. The molecule has 3 N–H and O–H groups in total. The number of halogens is 1. The van der Waals surface area contributed by atoms with E-state index in [4.69, 9.17) is 14.2 Å². The number of aromatic amines is 1. The summed E-state index contributed by atoms with van der Waals surface area (Å²) in [6.45, 7) is 0.289. The van der Waals surface area contributed by atoms with Crippen molar-refractivity contribution in [2.45, 2.75) is 25.4 Å². The average molecular weight is 570 g/mol. The Balaban J connectivity index is 1.44. The fourth-order valence-corrected chi connectivity index (χ4v) is 6.03. The van der Waals surface area contributed by atoms with Gasteiger partial charge >= 0.3 is 0 Å². The van der Waals surface area contributed by atoms with Crippen LogP contribution in [0.5, 0.6) is 17.2 Å². The number of hydrogen-bond donors (Lipinski definition) is 3. The second-order valence-electron chi connectivity index (χ2n) is 10.3. The molecular formula is C33H32FN3O5. The van der Waals surface area contributed by atoms with Crippen LogP contribution in [-0.4, -0.2) is 54.5 Å². The van der Waals surface area contributed by atoms with Crippen LogP contribution in [0.15, 0.2) is 66.9 Å². The van der Waals surface area contributed by atoms with Crippen molar-refractivity contribution in [3.05, 3.63) is 89.4 Å². The molecule has 0 spiro atoms. The van der Waals surface area contributed by atoms with Gasteiger partial charge in [-0.2, -0.15) is 0 Å². The van der Waals surface area contributed by atoms with E-state index >= 15 is 0 Å². The summed E-state index contributed by atoms with van der Waals surface area (Å²) in [6.07, 6.45) is 2.94. The van der Waals surface area contributed by atoms with Crippen LogP contribution in [0.3, 0.4) is 0 Å². The number of carbonyl (C=O) groups is 1. The van der Waals surface area contributed by atoms with Gasteiger partial charge in [-0.05, 0) is 48.7 Å². The maximum atomic E-state index is 14.5. The van der Waals surface area contributed by atoms with Gasteiger partial charge in [0.15, 0.2) is 11.5 Å². The number of aliphatic hydroxyl groups excluding tert-OH is 1. The lowest BCUT2D eigenvalue weighted by atomic mass is 9.96. The standard InChI is InChI=1S/C33H32FN3O5/c1-40-29-16-25-24(31(41-2)32(29)42-3)11-12-37-28(25)15-26(30(37)19-7-6-8-21(34)13-19)33(39)36-22(18-38)14-20-17-35-27-10-5-4-9-23(20)27/h4-10,13,15-17,22,35,38H,11-12,14,18H2,1-3H3,(H,36,39). The summed E-state index contributed by atoms with van der Waals surface area (Å²) in [5, 5.41) is 14.3. The first-order chi connectivity index (χ1) is 20.5. The van der Waals surface area contributed by atoms with Crippen molar-refractivity contribution < 1.29 is 28.5 Å². The molecule has 0 saturated heterocycles. The molecule has 1 unspecified atom stereocenters. The molecule has 9 heteroatoms. The number of rotatable bonds is 9. The zero-order chi connectivity index (χ0) is 29.4. The predicted octanol–water partition coefficient (Wildman–Crippen LogP) is 5.36. The first-order valence-corrected chi connectivity index (χ1v) is 13.8. The molecule has 6 rings (SSSR count). The molecule has 8 nitrogen and oxygen atoms in total. The number of amides is 1. The quantitative estimate of drug-likeness (QED) is 0.222. The van der Waals surface area contributed by atoms with E-state index in [0.717, 1.165) is 33.3 Å². The van der Waals surface area contributed by atoms with Crippen LogP contribution in [0, 0.1) is 5.82 Å². The molecule has 2 aromatic heterocycles. The van der Waals surface area contributed by atoms with Gasteiger partial charge in [0.1, 0.15) is 5.82 Å². The Morgan fingerprint density at radius 3 is 2.60 bits per heavy atom. The first-order valence-electron chi connectivity index (χ1n) is 13.8. The summed E-state index contributed by atoms with van der Waals surface area (Å²) in [5.74, 6) is 0.831. The Hall–Kier alpha value is -4.76. The third-order valence-corrected chi connectivity index (χ3v) is 7.93. The summed E-state index contributed by atoms with van der Waals surface area (Å²) in [6, 6.07) is 17.3. The summed E-state index contributed by atoms with van der Waals surface area (Å²) in [5.41, 5.74) is 6.10. The summed E-state index contributed by atoms with van der Waals surface area (Å²) < 4.78 is 33.5. The molecular weight excluding hydrogens is 537 g/mol. The average Bonchev–Trinajstić information content (AvgIpc) is 3.61. The first kappa shape index (κ1) is 27.4. The van der Waals surface area contributed by atoms with E-state index in [0.29, 0.717) is 53.5 Å². The van der Waals surface area contributed by atoms with E-state index in [9.17, 15) is 14.3 Å². The van der Waals surface area contributed by atoms with Crippen LogP contribution >= 0.6 is 0 Å². The summed E-state index contributed by atoms with van der Waals surface area (Å²) in [4.78, 5) is 17.2. The minimum absolute atomic E-state index is 0.245. The van der Waals surface area contributed by atoms with Crippen LogP contribution in [-0.2, 0) is 19.4 Å². The Kier molecular flexibility index (Phi) is 7.34. The molecule has 216 valence electrons. The van der Waals surface area contributed by atoms with Crippen LogP contribution in [0.2, 0.25) is 0 Å². The molecule has 5 aromatic rings. The van der Waals surface area contributed by atoms with Gasteiger partial charge in [-0.3, -0.25) is 4.79 Å². The van der Waals surface area contributed by atoms with Gasteiger partial charge in [-0.15, -0.1) is 0 Å². The Morgan fingerprint density at radius 2 is 1.86 bits per heavy atom. The molecule has 1 aliphatic rings. The van der Waals surface area contributed by atoms with Crippen molar-refractivity contribution in [2.24, 2.45) is 0 Å². The number of aliphatic hydroxyl groups is 1. The second kappa shape index (κ2) is 11.3. The molecule has 0 radical (unpaired) electrons. The third kappa shape index (κ3) is 4.65. The van der Waals surface area contributed by atoms with Crippen molar-refractivity contribution in [1.82, 2.24) is 14.9 Å². The number of hydrogen-bond acceptors (Lipinski definition) is 5. The highest BCUT2D eigenvalue weighted by Gasteiger charge is 2.31. The third-order valence-electron chi connectivity index (χ3n) is 7.93. The number of carbonyl (C=O) groups excluding carboxylic acids is 1. The molecule has 1 atom stereocenters. The van der Waals surface area contributed by atoms with E-state index in [1.165, 1.54) is 12.1 Å². The smallest absolute Gasteiger partial charge is 0.253 e. The van der Waals surface area contributed by atoms with Crippen molar-refractivity contribution in [1.29, 1.82) is 0 Å². The molecule has 0 saturated carbocycles. The highest BCUT2D eigenvalue weighted by molar-refractivity contribution is 6.02. The maximum absolute atomic E-state index is 14.5. The minimum atomic E-state index is -0.536. The number of nitrogens with one attached hydrogen (secondary N) is 2. The monoisotopic (exact) mass is 569 g/mol. The van der Waals surface area contributed by atoms with Crippen LogP contribution in [0.1, 0.15) is 21.5 Å². The Labute approximate surface area is 242 Å². The number of nitrogens with zero attached hydrogens (tertiary/aromatic N) is 1. The van der Waals surface area contributed by atoms with Gasteiger partial charge in [0.25, 0.3) is 5.91 Å². The molecule has 1 aliphatic heterocycles. The second-order valence-corrected chi connectivity index (χ2v) is 10.3. The zero-order valence-electron chi connectivity index (χ0n) is 23.7. The van der Waals surface area contributed by atoms with Crippen molar-refractivity contribution in [2.75, 3.05) is 27.9 Å². The summed E-state index contributed by atoms with van der Waals surface area (Å²) in [7, 11) is 4.72. The van der Waals surface area contributed by atoms with E-state index in [2.05, 4.69) is 10.3 Å². The lowest BCUT2D eigenvalue weighted by Gasteiger charge is -2.25. The molecule has 42 heavy (non-hydrogen) atoms. The van der Waals surface area contributed by atoms with Gasteiger partial charge in [0, 0.05) is 46.0 Å². The van der Waals surface area contributed by atoms with Gasteiger partial charge in [-0.25, -0.2) is 4.39 Å². The molecule has 3 heterocycles. The number of fused-ring (bicyclic) bond motifs is 4. The number of ether oxygens (including phenoxy) is 3.